The summed E-state index contributed by atoms with van der Waals surface area (Å²) in [7, 11) is 0. The first-order valence-electron chi connectivity index (χ1n) is 4.41. The maximum Gasteiger partial charge on any atom is 0.248 e. The number of hydrogen-bond donors (Lipinski definition) is 1. The monoisotopic (exact) mass is 182 g/mol. The van der Waals surface area contributed by atoms with Gasteiger partial charge in [0.25, 0.3) is 0 Å². The Hall–Kier alpha value is -1.08. The van der Waals surface area contributed by atoms with Crippen molar-refractivity contribution in [1.29, 1.82) is 5.26 Å². The van der Waals surface area contributed by atoms with E-state index in [2.05, 4.69) is 6.07 Å². The summed E-state index contributed by atoms with van der Waals surface area (Å²) in [6.07, 6.45) is 1.68. The van der Waals surface area contributed by atoms with E-state index < -0.39 is 12.0 Å². The summed E-state index contributed by atoms with van der Waals surface area (Å²) in [6, 6.07) is 2.21. The summed E-state index contributed by atoms with van der Waals surface area (Å²) in [5.41, 5.74) is -0.427. The van der Waals surface area contributed by atoms with Gasteiger partial charge in [-0.25, -0.2) is 0 Å². The fourth-order valence-corrected chi connectivity index (χ4v) is 1.64. The Balaban J connectivity index is 2.62. The van der Waals surface area contributed by atoms with Gasteiger partial charge >= 0.3 is 0 Å². The highest BCUT2D eigenvalue weighted by molar-refractivity contribution is 5.77. The normalized spacial score (nSPS) is 28.2. The van der Waals surface area contributed by atoms with E-state index in [0.717, 1.165) is 12.8 Å². The Bertz CT molecular complexity index is 246. The lowest BCUT2D eigenvalue weighted by atomic mass is 9.83. The lowest BCUT2D eigenvalue weighted by Crippen LogP contribution is -2.45. The van der Waals surface area contributed by atoms with Gasteiger partial charge in [-0.15, -0.1) is 0 Å². The molecule has 13 heavy (non-hydrogen) atoms. The Kier molecular flexibility index (Phi) is 2.89. The van der Waals surface area contributed by atoms with Gasteiger partial charge < -0.3 is 10.0 Å². The average Bonchev–Trinajstić information content (AvgIpc) is 2.17. The number of rotatable bonds is 1. The number of nitrogens with zero attached hydrogens (tertiary/aromatic N) is 2. The molecule has 0 aromatic carbocycles. The maximum absolute atomic E-state index is 11.1. The minimum atomic E-state index is -0.457. The van der Waals surface area contributed by atoms with Crippen molar-refractivity contribution in [2.24, 2.45) is 5.41 Å². The number of hydrogen-bond acceptors (Lipinski definition) is 3. The molecule has 72 valence electrons. The molecule has 1 rings (SSSR count). The van der Waals surface area contributed by atoms with Crippen molar-refractivity contribution in [1.82, 2.24) is 4.90 Å². The number of aliphatic hydroxyl groups excluding tert-OH is 1. The number of piperidine rings is 1. The van der Waals surface area contributed by atoms with Crippen LogP contribution in [-0.4, -0.2) is 35.6 Å². The number of carbonyl (C=O) groups excluding carboxylic acids is 1. The second kappa shape index (κ2) is 3.75. The Morgan fingerprint density at radius 3 is 3.00 bits per heavy atom. The van der Waals surface area contributed by atoms with E-state index in [1.165, 1.54) is 0 Å². The predicted molar refractivity (Wildman–Crippen MR) is 46.6 cm³/mol. The summed E-state index contributed by atoms with van der Waals surface area (Å²) in [6.45, 7) is 2.50. The van der Waals surface area contributed by atoms with E-state index in [9.17, 15) is 4.79 Å². The molecule has 0 aromatic rings. The molecule has 1 atom stereocenters. The third-order valence-corrected chi connectivity index (χ3v) is 2.45. The Morgan fingerprint density at radius 1 is 1.77 bits per heavy atom. The summed E-state index contributed by atoms with van der Waals surface area (Å²) >= 11 is 0. The van der Waals surface area contributed by atoms with Gasteiger partial charge in [0.15, 0.2) is 0 Å². The zero-order valence-corrected chi connectivity index (χ0v) is 7.79. The van der Waals surface area contributed by atoms with Crippen LogP contribution in [0.1, 0.15) is 19.8 Å². The van der Waals surface area contributed by atoms with E-state index in [0.29, 0.717) is 13.1 Å². The van der Waals surface area contributed by atoms with Crippen molar-refractivity contribution in [3.05, 3.63) is 0 Å². The van der Waals surface area contributed by atoms with Crippen LogP contribution in [0.3, 0.4) is 0 Å². The molecule has 1 saturated heterocycles. The first kappa shape index (κ1) is 10.0. The lowest BCUT2D eigenvalue weighted by molar-refractivity contribution is -0.136. The number of aliphatic hydroxyl groups is 1. The van der Waals surface area contributed by atoms with Crippen LogP contribution in [0.25, 0.3) is 0 Å². The SMILES string of the molecule is CC1(C#N)CCCN(C(=O)CO)C1. The molecular weight excluding hydrogens is 168 g/mol. The molecule has 1 amide bonds. The molecular formula is C9H14N2O2. The summed E-state index contributed by atoms with van der Waals surface area (Å²) in [4.78, 5) is 12.7. The molecule has 1 unspecified atom stereocenters. The van der Waals surface area contributed by atoms with Crippen molar-refractivity contribution < 1.29 is 9.90 Å². The van der Waals surface area contributed by atoms with Gasteiger partial charge in [0.2, 0.25) is 5.91 Å². The van der Waals surface area contributed by atoms with Crippen LogP contribution < -0.4 is 0 Å². The molecule has 0 bridgehead atoms. The lowest BCUT2D eigenvalue weighted by Gasteiger charge is -2.35. The molecule has 1 aliphatic heterocycles. The zero-order chi connectivity index (χ0) is 9.90. The molecule has 1 N–H and O–H groups in total. The van der Waals surface area contributed by atoms with Crippen LogP contribution in [0, 0.1) is 16.7 Å². The number of nitriles is 1. The van der Waals surface area contributed by atoms with Crippen LogP contribution in [0.4, 0.5) is 0 Å². The average molecular weight is 182 g/mol. The quantitative estimate of drug-likeness (QED) is 0.627. The molecule has 0 aliphatic carbocycles. The smallest absolute Gasteiger partial charge is 0.248 e. The standard InChI is InChI=1S/C9H14N2O2/c1-9(6-10)3-2-4-11(7-9)8(13)5-12/h12H,2-5,7H2,1H3. The fourth-order valence-electron chi connectivity index (χ4n) is 1.64. The van der Waals surface area contributed by atoms with Gasteiger partial charge in [0.1, 0.15) is 6.61 Å². The highest BCUT2D eigenvalue weighted by atomic mass is 16.3. The topological polar surface area (TPSA) is 64.3 Å². The highest BCUT2D eigenvalue weighted by Gasteiger charge is 2.32. The third-order valence-electron chi connectivity index (χ3n) is 2.45. The van der Waals surface area contributed by atoms with Crippen molar-refractivity contribution >= 4 is 5.91 Å². The molecule has 0 saturated carbocycles. The number of carbonyl (C=O) groups is 1. The molecule has 4 nitrogen and oxygen atoms in total. The number of amides is 1. The van der Waals surface area contributed by atoms with Crippen molar-refractivity contribution in [3.8, 4) is 6.07 Å². The van der Waals surface area contributed by atoms with Crippen molar-refractivity contribution in [2.45, 2.75) is 19.8 Å². The van der Waals surface area contributed by atoms with Gasteiger partial charge in [-0.2, -0.15) is 5.26 Å². The van der Waals surface area contributed by atoms with Crippen LogP contribution in [0.5, 0.6) is 0 Å². The third kappa shape index (κ3) is 2.19. The summed E-state index contributed by atoms with van der Waals surface area (Å²) in [5.74, 6) is -0.277. The van der Waals surface area contributed by atoms with E-state index in [1.54, 1.807) is 4.90 Å². The molecule has 0 aromatic heterocycles. The molecule has 0 spiro atoms. The predicted octanol–water partition coefficient (Wildman–Crippen LogP) is 0.131. The zero-order valence-electron chi connectivity index (χ0n) is 7.79. The Labute approximate surface area is 77.8 Å². The highest BCUT2D eigenvalue weighted by Crippen LogP contribution is 2.28. The van der Waals surface area contributed by atoms with Crippen LogP contribution in [0.2, 0.25) is 0 Å². The Morgan fingerprint density at radius 2 is 2.46 bits per heavy atom. The molecule has 1 fully saturated rings. The fraction of sp³-hybridized carbons (Fsp3) is 0.778. The molecule has 1 heterocycles. The van der Waals surface area contributed by atoms with E-state index >= 15 is 0 Å². The first-order valence-corrected chi connectivity index (χ1v) is 4.41. The van der Waals surface area contributed by atoms with Crippen LogP contribution in [0.15, 0.2) is 0 Å². The number of likely N-dealkylation sites (tertiary alicyclic amines) is 1. The molecule has 1 aliphatic rings. The van der Waals surface area contributed by atoms with Crippen LogP contribution >= 0.6 is 0 Å². The second-order valence-electron chi connectivity index (χ2n) is 3.75. The molecule has 4 heteroatoms. The van der Waals surface area contributed by atoms with Gasteiger partial charge in [-0.1, -0.05) is 0 Å². The summed E-state index contributed by atoms with van der Waals surface area (Å²) in [5, 5.41) is 17.5. The van der Waals surface area contributed by atoms with E-state index in [4.69, 9.17) is 10.4 Å². The second-order valence-corrected chi connectivity index (χ2v) is 3.75. The van der Waals surface area contributed by atoms with E-state index in [1.807, 2.05) is 6.92 Å². The van der Waals surface area contributed by atoms with Crippen molar-refractivity contribution in [3.63, 3.8) is 0 Å². The molecule has 0 radical (unpaired) electrons. The minimum absolute atomic E-state index is 0.277. The van der Waals surface area contributed by atoms with Gasteiger partial charge in [0.05, 0.1) is 11.5 Å². The van der Waals surface area contributed by atoms with Gasteiger partial charge in [-0.3, -0.25) is 4.79 Å². The minimum Gasteiger partial charge on any atom is -0.387 e. The van der Waals surface area contributed by atoms with Gasteiger partial charge in [-0.05, 0) is 19.8 Å². The van der Waals surface area contributed by atoms with Gasteiger partial charge in [0, 0.05) is 13.1 Å². The first-order chi connectivity index (χ1) is 6.11. The van der Waals surface area contributed by atoms with Crippen molar-refractivity contribution in [2.75, 3.05) is 19.7 Å². The van der Waals surface area contributed by atoms with E-state index in [-0.39, 0.29) is 5.91 Å². The maximum atomic E-state index is 11.1. The van der Waals surface area contributed by atoms with Crippen LogP contribution in [-0.2, 0) is 4.79 Å². The summed E-state index contributed by atoms with van der Waals surface area (Å²) < 4.78 is 0. The largest absolute Gasteiger partial charge is 0.387 e.